The third kappa shape index (κ3) is 5.04. The van der Waals surface area contributed by atoms with Crippen molar-refractivity contribution >= 4 is 21.6 Å². The fraction of sp³-hybridized carbons (Fsp3) is 0.278. The molecule has 0 radical (unpaired) electrons. The van der Waals surface area contributed by atoms with Crippen LogP contribution >= 0.6 is 0 Å². The van der Waals surface area contributed by atoms with E-state index in [0.717, 1.165) is 0 Å². The van der Waals surface area contributed by atoms with Crippen LogP contribution in [-0.4, -0.2) is 27.5 Å². The summed E-state index contributed by atoms with van der Waals surface area (Å²) in [6, 6.07) is 13.0. The van der Waals surface area contributed by atoms with Gasteiger partial charge in [0.1, 0.15) is 5.75 Å². The average Bonchev–Trinajstić information content (AvgIpc) is 2.62. The Morgan fingerprint density at radius 1 is 1.08 bits per heavy atom. The molecule has 0 saturated heterocycles. The molecule has 25 heavy (non-hydrogen) atoms. The van der Waals surface area contributed by atoms with Crippen LogP contribution in [-0.2, 0) is 10.0 Å². The minimum absolute atomic E-state index is 0.0618. The third-order valence-corrected chi connectivity index (χ3v) is 4.84. The van der Waals surface area contributed by atoms with E-state index in [4.69, 9.17) is 4.74 Å². The van der Waals surface area contributed by atoms with Gasteiger partial charge in [-0.1, -0.05) is 25.1 Å². The largest absolute Gasteiger partial charge is 0.492 e. The lowest BCUT2D eigenvalue weighted by Crippen LogP contribution is -2.24. The normalized spacial score (nSPS) is 11.1. The van der Waals surface area contributed by atoms with Gasteiger partial charge in [-0.25, -0.2) is 13.1 Å². The highest BCUT2D eigenvalue weighted by molar-refractivity contribution is 7.89. The molecule has 0 heterocycles. The monoisotopic (exact) mass is 362 g/mol. The SMILES string of the molecule is CCCNS(=O)(=O)c1cccc(C(=O)Nc2ccccc2OCC)c1. The zero-order chi connectivity index (χ0) is 18.3. The van der Waals surface area contributed by atoms with E-state index in [1.165, 1.54) is 12.1 Å². The van der Waals surface area contributed by atoms with Crippen molar-refractivity contribution < 1.29 is 17.9 Å². The van der Waals surface area contributed by atoms with Crippen LogP contribution in [0.15, 0.2) is 53.4 Å². The van der Waals surface area contributed by atoms with Gasteiger partial charge in [0.25, 0.3) is 5.91 Å². The Hall–Kier alpha value is -2.38. The molecule has 0 atom stereocenters. The first-order valence-corrected chi connectivity index (χ1v) is 9.59. The molecule has 0 bridgehead atoms. The van der Waals surface area contributed by atoms with Crippen molar-refractivity contribution in [1.29, 1.82) is 0 Å². The smallest absolute Gasteiger partial charge is 0.255 e. The summed E-state index contributed by atoms with van der Waals surface area (Å²) in [4.78, 5) is 12.5. The molecule has 0 aliphatic heterocycles. The maximum atomic E-state index is 12.5. The number of carbonyl (C=O) groups excluding carboxylic acids is 1. The number of hydrogen-bond acceptors (Lipinski definition) is 4. The lowest BCUT2D eigenvalue weighted by molar-refractivity contribution is 0.102. The van der Waals surface area contributed by atoms with Gasteiger partial charge in [-0.05, 0) is 43.7 Å². The number of para-hydroxylation sites is 2. The van der Waals surface area contributed by atoms with E-state index in [2.05, 4.69) is 10.0 Å². The Morgan fingerprint density at radius 3 is 2.56 bits per heavy atom. The van der Waals surface area contributed by atoms with Crippen LogP contribution in [0.3, 0.4) is 0 Å². The molecule has 2 aromatic carbocycles. The van der Waals surface area contributed by atoms with E-state index in [1.54, 1.807) is 30.3 Å². The van der Waals surface area contributed by atoms with Gasteiger partial charge in [0, 0.05) is 12.1 Å². The van der Waals surface area contributed by atoms with E-state index in [-0.39, 0.29) is 10.5 Å². The van der Waals surface area contributed by atoms with Gasteiger partial charge < -0.3 is 10.1 Å². The van der Waals surface area contributed by atoms with Crippen molar-refractivity contribution in [2.24, 2.45) is 0 Å². The summed E-state index contributed by atoms with van der Waals surface area (Å²) in [7, 11) is -3.62. The second kappa shape index (κ2) is 8.64. The van der Waals surface area contributed by atoms with E-state index in [0.29, 0.717) is 31.0 Å². The summed E-state index contributed by atoms with van der Waals surface area (Å²) in [6.07, 6.45) is 0.688. The van der Waals surface area contributed by atoms with Gasteiger partial charge in [0.15, 0.2) is 0 Å². The highest BCUT2D eigenvalue weighted by Gasteiger charge is 2.16. The number of carbonyl (C=O) groups is 1. The van der Waals surface area contributed by atoms with E-state index in [9.17, 15) is 13.2 Å². The number of ether oxygens (including phenoxy) is 1. The first-order valence-electron chi connectivity index (χ1n) is 8.10. The van der Waals surface area contributed by atoms with Crippen molar-refractivity contribution in [1.82, 2.24) is 4.72 Å². The fourth-order valence-electron chi connectivity index (χ4n) is 2.17. The Bertz CT molecular complexity index is 834. The van der Waals surface area contributed by atoms with Crippen molar-refractivity contribution in [3.63, 3.8) is 0 Å². The van der Waals surface area contributed by atoms with Gasteiger partial charge in [-0.3, -0.25) is 4.79 Å². The quantitative estimate of drug-likeness (QED) is 0.756. The van der Waals surface area contributed by atoms with Gasteiger partial charge >= 0.3 is 0 Å². The van der Waals surface area contributed by atoms with Crippen molar-refractivity contribution in [2.75, 3.05) is 18.5 Å². The molecular weight excluding hydrogens is 340 g/mol. The van der Waals surface area contributed by atoms with Gasteiger partial charge in [0.2, 0.25) is 10.0 Å². The molecule has 0 spiro atoms. The minimum atomic E-state index is -3.62. The molecule has 0 saturated carbocycles. The molecule has 2 rings (SSSR count). The third-order valence-electron chi connectivity index (χ3n) is 3.38. The molecule has 2 aromatic rings. The molecular formula is C18H22N2O4S. The summed E-state index contributed by atoms with van der Waals surface area (Å²) >= 11 is 0. The first kappa shape index (κ1) is 19.0. The zero-order valence-electron chi connectivity index (χ0n) is 14.3. The predicted molar refractivity (Wildman–Crippen MR) is 97.5 cm³/mol. The average molecular weight is 362 g/mol. The Morgan fingerprint density at radius 2 is 1.84 bits per heavy atom. The fourth-order valence-corrected chi connectivity index (χ4v) is 3.35. The summed E-state index contributed by atoms with van der Waals surface area (Å²) < 4.78 is 32.4. The van der Waals surface area contributed by atoms with E-state index in [1.807, 2.05) is 19.9 Å². The molecule has 6 nitrogen and oxygen atoms in total. The molecule has 1 amide bonds. The van der Waals surface area contributed by atoms with Crippen LogP contribution in [0.1, 0.15) is 30.6 Å². The lowest BCUT2D eigenvalue weighted by atomic mass is 10.2. The minimum Gasteiger partial charge on any atom is -0.492 e. The topological polar surface area (TPSA) is 84.5 Å². The van der Waals surface area contributed by atoms with Gasteiger partial charge in [-0.2, -0.15) is 0 Å². The lowest BCUT2D eigenvalue weighted by Gasteiger charge is -2.12. The molecule has 0 aliphatic rings. The molecule has 0 aliphatic carbocycles. The van der Waals surface area contributed by atoms with Crippen molar-refractivity contribution in [3.05, 3.63) is 54.1 Å². The maximum Gasteiger partial charge on any atom is 0.255 e. The van der Waals surface area contributed by atoms with E-state index >= 15 is 0 Å². The second-order valence-electron chi connectivity index (χ2n) is 5.31. The maximum absolute atomic E-state index is 12.5. The highest BCUT2D eigenvalue weighted by Crippen LogP contribution is 2.24. The Labute approximate surface area is 148 Å². The summed E-state index contributed by atoms with van der Waals surface area (Å²) in [5.41, 5.74) is 0.789. The van der Waals surface area contributed by atoms with Crippen LogP contribution in [0.2, 0.25) is 0 Å². The summed E-state index contributed by atoms with van der Waals surface area (Å²) in [6.45, 7) is 4.56. The summed E-state index contributed by atoms with van der Waals surface area (Å²) in [5, 5.41) is 2.75. The molecule has 134 valence electrons. The van der Waals surface area contributed by atoms with Crippen molar-refractivity contribution in [3.8, 4) is 5.75 Å². The Kier molecular flexibility index (Phi) is 6.55. The number of anilines is 1. The molecule has 7 heteroatoms. The zero-order valence-corrected chi connectivity index (χ0v) is 15.1. The number of hydrogen-bond donors (Lipinski definition) is 2. The number of amides is 1. The molecule has 0 aromatic heterocycles. The summed E-state index contributed by atoms with van der Waals surface area (Å²) in [5.74, 6) is 0.159. The second-order valence-corrected chi connectivity index (χ2v) is 7.08. The van der Waals surface area contributed by atoms with Crippen LogP contribution in [0.4, 0.5) is 5.69 Å². The van der Waals surface area contributed by atoms with Crippen LogP contribution in [0.25, 0.3) is 0 Å². The first-order chi connectivity index (χ1) is 12.0. The molecule has 0 fully saturated rings. The molecule has 2 N–H and O–H groups in total. The highest BCUT2D eigenvalue weighted by atomic mass is 32.2. The number of rotatable bonds is 8. The number of nitrogens with one attached hydrogen (secondary N) is 2. The van der Waals surface area contributed by atoms with E-state index < -0.39 is 15.9 Å². The van der Waals surface area contributed by atoms with Crippen LogP contribution in [0, 0.1) is 0 Å². The predicted octanol–water partition coefficient (Wildman–Crippen LogP) is 3.03. The molecule has 0 unspecified atom stereocenters. The van der Waals surface area contributed by atoms with Crippen LogP contribution < -0.4 is 14.8 Å². The van der Waals surface area contributed by atoms with Crippen molar-refractivity contribution in [2.45, 2.75) is 25.2 Å². The standard InChI is InChI=1S/C18H22N2O4S/c1-3-12-19-25(22,23)15-9-7-8-14(13-15)18(21)20-16-10-5-6-11-17(16)24-4-2/h5-11,13,19H,3-4,12H2,1-2H3,(H,20,21). The van der Waals surface area contributed by atoms with Gasteiger partial charge in [0.05, 0.1) is 17.2 Å². The van der Waals surface area contributed by atoms with Crippen LogP contribution in [0.5, 0.6) is 5.75 Å². The number of sulfonamides is 1. The Balaban J connectivity index is 2.22. The number of benzene rings is 2. The van der Waals surface area contributed by atoms with Gasteiger partial charge in [-0.15, -0.1) is 0 Å².